The van der Waals surface area contributed by atoms with Gasteiger partial charge in [0.05, 0.1) is 34.2 Å². The molecule has 2 aromatic carbocycles. The molecule has 2 aliphatic rings. The van der Waals surface area contributed by atoms with E-state index < -0.39 is 11.7 Å². The number of likely N-dealkylation sites (tertiary alicyclic amines) is 1. The normalized spacial score (nSPS) is 17.5. The highest BCUT2D eigenvalue weighted by Gasteiger charge is 2.30. The van der Waals surface area contributed by atoms with Crippen LogP contribution in [0.4, 0.5) is 13.2 Å². The van der Waals surface area contributed by atoms with Gasteiger partial charge in [0.2, 0.25) is 0 Å². The Kier molecular flexibility index (Phi) is 8.45. The van der Waals surface area contributed by atoms with Crippen LogP contribution in [-0.4, -0.2) is 79.8 Å². The minimum atomic E-state index is -4.33. The second-order valence-electron chi connectivity index (χ2n) is 11.5. The molecule has 43 heavy (non-hydrogen) atoms. The molecule has 2 fully saturated rings. The smallest absolute Gasteiger partial charge is 0.334 e. The molecule has 2 aromatic heterocycles. The number of H-pyrrole nitrogens is 1. The van der Waals surface area contributed by atoms with E-state index in [1.807, 2.05) is 18.5 Å². The van der Waals surface area contributed by atoms with E-state index in [0.717, 1.165) is 79.0 Å². The van der Waals surface area contributed by atoms with Crippen molar-refractivity contribution >= 4 is 16.9 Å². The van der Waals surface area contributed by atoms with Gasteiger partial charge in [0.25, 0.3) is 5.91 Å². The van der Waals surface area contributed by atoms with Gasteiger partial charge in [0.15, 0.2) is 5.82 Å². The van der Waals surface area contributed by atoms with Crippen molar-refractivity contribution in [1.82, 2.24) is 34.6 Å². The molecular weight excluding hydrogens is 555 g/mol. The summed E-state index contributed by atoms with van der Waals surface area (Å²) in [6.07, 6.45) is 2.43. The number of carbonyl (C=O) groups is 1. The molecule has 6 rings (SSSR count). The van der Waals surface area contributed by atoms with Crippen molar-refractivity contribution in [2.24, 2.45) is 0 Å². The average Bonchev–Trinajstić information content (AvgIpc) is 3.45. The molecule has 8 nitrogen and oxygen atoms in total. The summed E-state index contributed by atoms with van der Waals surface area (Å²) in [5.41, 5.74) is 5.11. The van der Waals surface area contributed by atoms with Gasteiger partial charge in [-0.3, -0.25) is 24.6 Å². The first kappa shape index (κ1) is 29.3. The third kappa shape index (κ3) is 6.88. The third-order valence-electron chi connectivity index (χ3n) is 8.62. The predicted molar refractivity (Wildman–Crippen MR) is 157 cm³/mol. The Morgan fingerprint density at radius 3 is 2.21 bits per heavy atom. The quantitative estimate of drug-likeness (QED) is 0.315. The summed E-state index contributed by atoms with van der Waals surface area (Å²) in [5.74, 6) is 0.665. The van der Waals surface area contributed by atoms with Crippen LogP contribution in [0.1, 0.15) is 64.4 Å². The number of piperazine rings is 1. The highest BCUT2D eigenvalue weighted by molar-refractivity contribution is 5.94. The van der Waals surface area contributed by atoms with Crippen LogP contribution in [0.3, 0.4) is 0 Å². The summed E-state index contributed by atoms with van der Waals surface area (Å²) in [5, 5.41) is 0. The predicted octanol–water partition coefficient (Wildman–Crippen LogP) is 5.27. The van der Waals surface area contributed by atoms with Crippen molar-refractivity contribution in [1.29, 1.82) is 0 Å². The first-order valence-corrected chi connectivity index (χ1v) is 14.9. The van der Waals surface area contributed by atoms with Crippen LogP contribution >= 0.6 is 0 Å². The Morgan fingerprint density at radius 2 is 1.56 bits per heavy atom. The molecule has 2 saturated heterocycles. The van der Waals surface area contributed by atoms with E-state index in [0.29, 0.717) is 44.5 Å². The number of fused-ring (bicyclic) bond motifs is 1. The highest BCUT2D eigenvalue weighted by Crippen LogP contribution is 2.31. The van der Waals surface area contributed by atoms with Crippen molar-refractivity contribution in [3.05, 3.63) is 88.8 Å². The molecule has 1 amide bonds. The number of halogens is 3. The number of aromatic nitrogens is 4. The Morgan fingerprint density at radius 1 is 0.884 bits per heavy atom. The SMILES string of the molecule is CCc1cnc(CN2CCC(c3ccc4nc(C(=O)N5CCN(Cc6ccc(C(F)(F)F)cc6)CC5)[nH]c4c3)CC2)cn1. The summed E-state index contributed by atoms with van der Waals surface area (Å²) in [4.78, 5) is 36.5. The van der Waals surface area contributed by atoms with Crippen LogP contribution in [0.15, 0.2) is 54.9 Å². The van der Waals surface area contributed by atoms with Gasteiger partial charge in [-0.05, 0) is 73.7 Å². The maximum absolute atomic E-state index is 13.3. The number of rotatable bonds is 7. The molecule has 11 heteroatoms. The molecule has 1 N–H and O–H groups in total. The molecule has 0 spiro atoms. The number of benzene rings is 2. The van der Waals surface area contributed by atoms with Crippen LogP contribution in [0.25, 0.3) is 11.0 Å². The number of hydrogen-bond acceptors (Lipinski definition) is 6. The molecule has 2 aliphatic heterocycles. The molecule has 0 unspecified atom stereocenters. The van der Waals surface area contributed by atoms with Gasteiger partial charge in [0, 0.05) is 45.5 Å². The Balaban J connectivity index is 1.01. The average molecular weight is 592 g/mol. The van der Waals surface area contributed by atoms with Gasteiger partial charge in [-0.1, -0.05) is 25.1 Å². The summed E-state index contributed by atoms with van der Waals surface area (Å²) >= 11 is 0. The van der Waals surface area contributed by atoms with Crippen molar-refractivity contribution in [3.8, 4) is 0 Å². The molecule has 226 valence electrons. The molecular formula is C32H36F3N7O. The maximum atomic E-state index is 13.3. The molecule has 4 heterocycles. The Labute approximate surface area is 248 Å². The second kappa shape index (κ2) is 12.4. The number of piperidine rings is 1. The van der Waals surface area contributed by atoms with Gasteiger partial charge in [-0.15, -0.1) is 0 Å². The van der Waals surface area contributed by atoms with E-state index in [9.17, 15) is 18.0 Å². The van der Waals surface area contributed by atoms with Gasteiger partial charge in [0.1, 0.15) is 0 Å². The summed E-state index contributed by atoms with van der Waals surface area (Å²) in [6, 6.07) is 11.5. The van der Waals surface area contributed by atoms with E-state index in [4.69, 9.17) is 0 Å². The van der Waals surface area contributed by atoms with Crippen molar-refractivity contribution < 1.29 is 18.0 Å². The van der Waals surface area contributed by atoms with Gasteiger partial charge in [-0.25, -0.2) is 4.98 Å². The molecule has 4 aromatic rings. The van der Waals surface area contributed by atoms with Gasteiger partial charge in [-0.2, -0.15) is 13.2 Å². The topological polar surface area (TPSA) is 81.3 Å². The van der Waals surface area contributed by atoms with Crippen LogP contribution < -0.4 is 0 Å². The first-order chi connectivity index (χ1) is 20.7. The number of nitrogens with one attached hydrogen (secondary N) is 1. The standard InChI is InChI=1S/C32H36F3N7O/c1-2-26-18-37-27(19-36-26)21-40-11-9-23(10-12-40)24-5-8-28-29(17-24)39-30(38-28)31(43)42-15-13-41(14-16-42)20-22-3-6-25(7-4-22)32(33,34)35/h3-8,17-19,23H,2,9-16,20-21H2,1H3,(H,38,39). The molecule has 0 atom stereocenters. The van der Waals surface area contributed by atoms with Crippen molar-refractivity contribution in [2.45, 2.75) is 51.4 Å². The Hall–Kier alpha value is -3.83. The molecule has 0 aliphatic carbocycles. The lowest BCUT2D eigenvalue weighted by atomic mass is 9.89. The van der Waals surface area contributed by atoms with Crippen LogP contribution in [0.5, 0.6) is 0 Å². The lowest BCUT2D eigenvalue weighted by Gasteiger charge is -2.34. The zero-order chi connectivity index (χ0) is 30.0. The minimum Gasteiger partial charge on any atom is -0.334 e. The third-order valence-corrected chi connectivity index (χ3v) is 8.62. The monoisotopic (exact) mass is 591 g/mol. The van der Waals surface area contributed by atoms with Crippen LogP contribution in [-0.2, 0) is 25.7 Å². The lowest BCUT2D eigenvalue weighted by molar-refractivity contribution is -0.137. The zero-order valence-corrected chi connectivity index (χ0v) is 24.3. The van der Waals surface area contributed by atoms with Gasteiger partial charge >= 0.3 is 6.18 Å². The fraction of sp³-hybridized carbons (Fsp3) is 0.438. The zero-order valence-electron chi connectivity index (χ0n) is 24.3. The van der Waals surface area contributed by atoms with Crippen molar-refractivity contribution in [2.75, 3.05) is 39.3 Å². The molecule has 0 saturated carbocycles. The highest BCUT2D eigenvalue weighted by atomic mass is 19.4. The van der Waals surface area contributed by atoms with Crippen LogP contribution in [0.2, 0.25) is 0 Å². The largest absolute Gasteiger partial charge is 0.416 e. The number of alkyl halides is 3. The Bertz CT molecular complexity index is 1540. The second-order valence-corrected chi connectivity index (χ2v) is 11.5. The summed E-state index contributed by atoms with van der Waals surface area (Å²) in [6.45, 7) is 7.80. The maximum Gasteiger partial charge on any atom is 0.416 e. The van der Waals surface area contributed by atoms with E-state index in [2.05, 4.69) is 48.8 Å². The lowest BCUT2D eigenvalue weighted by Crippen LogP contribution is -2.48. The van der Waals surface area contributed by atoms with E-state index in [1.165, 1.54) is 17.7 Å². The number of carbonyl (C=O) groups excluding carboxylic acids is 1. The van der Waals surface area contributed by atoms with Crippen molar-refractivity contribution in [3.63, 3.8) is 0 Å². The summed E-state index contributed by atoms with van der Waals surface area (Å²) < 4.78 is 38.5. The van der Waals surface area contributed by atoms with Crippen LogP contribution in [0, 0.1) is 0 Å². The molecule has 0 bridgehead atoms. The fourth-order valence-corrected chi connectivity index (χ4v) is 6.00. The fourth-order valence-electron chi connectivity index (χ4n) is 6.00. The number of amides is 1. The number of nitrogens with zero attached hydrogens (tertiary/aromatic N) is 6. The van der Waals surface area contributed by atoms with Gasteiger partial charge < -0.3 is 9.88 Å². The van der Waals surface area contributed by atoms with E-state index >= 15 is 0 Å². The minimum absolute atomic E-state index is 0.129. The number of imidazole rings is 1. The molecule has 0 radical (unpaired) electrons. The summed E-state index contributed by atoms with van der Waals surface area (Å²) in [7, 11) is 0. The number of aromatic amines is 1. The number of aryl methyl sites for hydroxylation is 1. The first-order valence-electron chi connectivity index (χ1n) is 14.9. The number of hydrogen-bond donors (Lipinski definition) is 1. The van der Waals surface area contributed by atoms with E-state index in [1.54, 1.807) is 4.90 Å². The van der Waals surface area contributed by atoms with E-state index in [-0.39, 0.29) is 5.91 Å².